The van der Waals surface area contributed by atoms with Crippen molar-refractivity contribution in [1.82, 2.24) is 0 Å². The Balaban J connectivity index is 3.54. The van der Waals surface area contributed by atoms with E-state index in [1.54, 1.807) is 0 Å². The van der Waals surface area contributed by atoms with Crippen LogP contribution in [-0.4, -0.2) is 22.4 Å². The summed E-state index contributed by atoms with van der Waals surface area (Å²) in [4.78, 5) is 20.3. The highest BCUT2D eigenvalue weighted by Crippen LogP contribution is 2.03. The minimum Gasteiger partial charge on any atom is -0.454 e. The van der Waals surface area contributed by atoms with Gasteiger partial charge in [-0.2, -0.15) is 0 Å². The number of rotatable bonds is 5. The van der Waals surface area contributed by atoms with Gasteiger partial charge in [0.1, 0.15) is 10.7 Å². The van der Waals surface area contributed by atoms with Crippen molar-refractivity contribution in [2.45, 2.75) is 6.04 Å². The molecule has 0 spiro atoms. The highest BCUT2D eigenvalue weighted by atomic mass is 127. The van der Waals surface area contributed by atoms with E-state index >= 15 is 0 Å². The number of alkyl halides is 1. The number of nitrogens with two attached hydrogens (primary N) is 1. The molecule has 0 heterocycles. The minimum atomic E-state index is -0.757. The van der Waals surface area contributed by atoms with E-state index in [1.165, 1.54) is 0 Å². The number of carbonyl (C=O) groups is 1. The zero-order chi connectivity index (χ0) is 8.69. The molecule has 0 amide bonds. The Kier molecular flexibility index (Phi) is 6.87. The molecule has 0 saturated heterocycles. The zero-order valence-electron chi connectivity index (χ0n) is 5.53. The van der Waals surface area contributed by atoms with Crippen LogP contribution in [0.5, 0.6) is 0 Å². The van der Waals surface area contributed by atoms with Crippen LogP contribution >= 0.6 is 34.5 Å². The van der Waals surface area contributed by atoms with Crippen LogP contribution in [0.2, 0.25) is 0 Å². The molecule has 0 saturated carbocycles. The maximum atomic E-state index is 10.7. The molecule has 7 heteroatoms. The summed E-state index contributed by atoms with van der Waals surface area (Å²) in [5.41, 5.74) is 5.29. The summed E-state index contributed by atoms with van der Waals surface area (Å²) in [5, 5.41) is 0. The molecule has 0 aliphatic rings. The first-order valence-electron chi connectivity index (χ1n) is 2.65. The fraction of sp³-hybridized carbons (Fsp3) is 0.750. The third kappa shape index (κ3) is 5.39. The molecule has 0 fully saturated rings. The molecule has 0 aromatic heterocycles. The van der Waals surface area contributed by atoms with Gasteiger partial charge < -0.3 is 10.5 Å². The number of halogens is 1. The number of carbonyl (C=O) groups excluding carboxylic acids is 1. The molecule has 0 rings (SSSR count). The van der Waals surface area contributed by atoms with Crippen molar-refractivity contribution in [2.75, 3.05) is 10.4 Å². The third-order valence-electron chi connectivity index (χ3n) is 0.806. The largest absolute Gasteiger partial charge is 0.454 e. The van der Waals surface area contributed by atoms with E-state index in [1.807, 2.05) is 22.6 Å². The average Bonchev–Trinajstić information content (AvgIpc) is 2.00. The number of nitroso groups, excluding NO2 is 1. The molecule has 1 atom stereocenters. The molecule has 11 heavy (non-hydrogen) atoms. The van der Waals surface area contributed by atoms with Gasteiger partial charge in [-0.25, -0.2) is 0 Å². The highest BCUT2D eigenvalue weighted by molar-refractivity contribution is 14.1. The van der Waals surface area contributed by atoms with Crippen LogP contribution < -0.4 is 5.73 Å². The second kappa shape index (κ2) is 6.80. The predicted octanol–water partition coefficient (Wildman–Crippen LogP) is 0.664. The van der Waals surface area contributed by atoms with Crippen molar-refractivity contribution in [3.63, 3.8) is 0 Å². The first kappa shape index (κ1) is 11.1. The summed E-state index contributed by atoms with van der Waals surface area (Å²) in [6.07, 6.45) is 0. The lowest BCUT2D eigenvalue weighted by atomic mass is 10.4. The molecule has 0 radical (unpaired) electrons. The van der Waals surface area contributed by atoms with Gasteiger partial charge >= 0.3 is 5.97 Å². The van der Waals surface area contributed by atoms with E-state index in [0.29, 0.717) is 11.9 Å². The number of nitrogens with zero attached hydrogens (tertiary/aromatic N) is 1. The smallest absolute Gasteiger partial charge is 0.324 e. The van der Waals surface area contributed by atoms with Crippen molar-refractivity contribution >= 4 is 40.5 Å². The summed E-state index contributed by atoms with van der Waals surface area (Å²) in [6.45, 7) is 0. The lowest BCUT2D eigenvalue weighted by Crippen LogP contribution is -2.34. The molecule has 1 unspecified atom stereocenters. The first-order valence-corrected chi connectivity index (χ1v) is 5.12. The monoisotopic (exact) mass is 290 g/mol. The maximum Gasteiger partial charge on any atom is 0.324 e. The van der Waals surface area contributed by atoms with Crippen molar-refractivity contribution in [3.05, 3.63) is 4.91 Å². The molecule has 5 nitrogen and oxygen atoms in total. The SMILES string of the molecule is NC(CSN=O)C(=O)OCI. The van der Waals surface area contributed by atoms with E-state index in [0.717, 1.165) is 0 Å². The molecule has 2 N–H and O–H groups in total. The molecular weight excluding hydrogens is 283 g/mol. The van der Waals surface area contributed by atoms with Crippen LogP contribution in [0.3, 0.4) is 0 Å². The number of ether oxygens (including phenoxy) is 1. The zero-order valence-corrected chi connectivity index (χ0v) is 8.50. The first-order chi connectivity index (χ1) is 5.22. The summed E-state index contributed by atoms with van der Waals surface area (Å²) in [7, 11) is 0. The summed E-state index contributed by atoms with van der Waals surface area (Å²) in [5.74, 6) is -0.338. The highest BCUT2D eigenvalue weighted by Gasteiger charge is 2.14. The van der Waals surface area contributed by atoms with Crippen LogP contribution in [0.1, 0.15) is 0 Å². The van der Waals surface area contributed by atoms with E-state index in [4.69, 9.17) is 5.73 Å². The Bertz CT molecular complexity index is 145. The van der Waals surface area contributed by atoms with Crippen LogP contribution in [0.25, 0.3) is 0 Å². The Hall–Kier alpha value is 0.110. The van der Waals surface area contributed by atoms with Crippen molar-refractivity contribution in [2.24, 2.45) is 10.3 Å². The Morgan fingerprint density at radius 2 is 2.45 bits per heavy atom. The topological polar surface area (TPSA) is 81.8 Å². The molecule has 0 aromatic carbocycles. The normalized spacial score (nSPS) is 12.2. The van der Waals surface area contributed by atoms with E-state index in [-0.39, 0.29) is 10.4 Å². The fourth-order valence-electron chi connectivity index (χ4n) is 0.340. The Morgan fingerprint density at radius 3 is 2.91 bits per heavy atom. The summed E-state index contributed by atoms with van der Waals surface area (Å²) in [6, 6.07) is -0.757. The Morgan fingerprint density at radius 1 is 1.82 bits per heavy atom. The van der Waals surface area contributed by atoms with Gasteiger partial charge in [-0.1, -0.05) is 0 Å². The van der Waals surface area contributed by atoms with Gasteiger partial charge in [0.2, 0.25) is 0 Å². The molecule has 0 aliphatic heterocycles. The summed E-state index contributed by atoms with van der Waals surface area (Å²) >= 11 is 2.59. The quantitative estimate of drug-likeness (QED) is 0.264. The molecule has 0 bridgehead atoms. The number of hydrogen-bond donors (Lipinski definition) is 1. The second-order valence-electron chi connectivity index (χ2n) is 1.55. The van der Waals surface area contributed by atoms with E-state index in [9.17, 15) is 9.70 Å². The fourth-order valence-corrected chi connectivity index (χ4v) is 1.00. The van der Waals surface area contributed by atoms with Crippen LogP contribution in [0.4, 0.5) is 0 Å². The molecule has 0 aliphatic carbocycles. The van der Waals surface area contributed by atoms with Gasteiger partial charge in [-0.15, -0.1) is 4.91 Å². The summed E-state index contributed by atoms with van der Waals surface area (Å²) < 4.78 is 7.33. The lowest BCUT2D eigenvalue weighted by Gasteiger charge is -2.05. The van der Waals surface area contributed by atoms with Gasteiger partial charge in [0.05, 0.1) is 0 Å². The van der Waals surface area contributed by atoms with Crippen molar-refractivity contribution in [3.8, 4) is 0 Å². The minimum absolute atomic E-state index is 0.166. The third-order valence-corrected chi connectivity index (χ3v) is 1.73. The van der Waals surface area contributed by atoms with Crippen molar-refractivity contribution < 1.29 is 9.53 Å². The van der Waals surface area contributed by atoms with Gasteiger partial charge in [-0.3, -0.25) is 4.79 Å². The number of hydrogen-bond acceptors (Lipinski definition) is 6. The molecular formula is C4H7IN2O3S. The maximum absolute atomic E-state index is 10.7. The van der Waals surface area contributed by atoms with Crippen LogP contribution in [0.15, 0.2) is 4.58 Å². The van der Waals surface area contributed by atoms with Gasteiger partial charge in [0.15, 0.2) is 0 Å². The molecule has 64 valence electrons. The van der Waals surface area contributed by atoms with Crippen molar-refractivity contribution in [1.29, 1.82) is 0 Å². The van der Waals surface area contributed by atoms with E-state index in [2.05, 4.69) is 9.32 Å². The lowest BCUT2D eigenvalue weighted by molar-refractivity contribution is -0.141. The standard InChI is InChI=1S/C4H7IN2O3S/c5-2-10-4(8)3(6)1-11-7-9/h3H,1-2,6H2. The average molecular weight is 290 g/mol. The predicted molar refractivity (Wildman–Crippen MR) is 51.2 cm³/mol. The second-order valence-corrected chi connectivity index (χ2v) is 2.91. The van der Waals surface area contributed by atoms with Crippen LogP contribution in [-0.2, 0) is 9.53 Å². The van der Waals surface area contributed by atoms with Gasteiger partial charge in [-0.05, 0) is 22.6 Å². The van der Waals surface area contributed by atoms with Gasteiger partial charge in [0.25, 0.3) is 0 Å². The van der Waals surface area contributed by atoms with Crippen LogP contribution in [0, 0.1) is 4.91 Å². The Labute approximate surface area is 81.7 Å². The van der Waals surface area contributed by atoms with Gasteiger partial charge in [0, 0.05) is 22.3 Å². The number of esters is 1. The molecule has 0 aromatic rings. The van der Waals surface area contributed by atoms with E-state index < -0.39 is 12.0 Å².